The van der Waals surface area contributed by atoms with Gasteiger partial charge in [0.15, 0.2) is 6.10 Å². The van der Waals surface area contributed by atoms with Gasteiger partial charge in [-0.3, -0.25) is 4.79 Å². The molecule has 1 fully saturated rings. The van der Waals surface area contributed by atoms with Crippen molar-refractivity contribution in [2.24, 2.45) is 11.1 Å². The fourth-order valence-electron chi connectivity index (χ4n) is 8.01. The first-order valence-electron chi connectivity index (χ1n) is 17.3. The number of carbonyl (C=O) groups excluding carboxylic acids is 1. The maximum Gasteiger partial charge on any atom is 0.303 e. The number of hydrogen-bond donors (Lipinski definition) is 0. The van der Waals surface area contributed by atoms with Gasteiger partial charge in [-0.1, -0.05) is 168 Å². The molecule has 0 radical (unpaired) electrons. The topological polar surface area (TPSA) is 66.4 Å². The molecule has 0 saturated heterocycles. The normalized spacial score (nSPS) is 21.3. The minimum absolute atomic E-state index is 0.190. The third kappa shape index (κ3) is 6.47. The number of nitrogens with zero attached hydrogens (tertiary/aromatic N) is 1. The highest BCUT2D eigenvalue weighted by Gasteiger charge is 2.60. The van der Waals surface area contributed by atoms with Gasteiger partial charge >= 0.3 is 5.97 Å². The summed E-state index contributed by atoms with van der Waals surface area (Å²) in [6, 6.07) is 42.3. The highest BCUT2D eigenvalue weighted by molar-refractivity contribution is 7.00. The number of rotatable bonds is 9. The summed E-state index contributed by atoms with van der Waals surface area (Å²) < 4.78 is 22.0. The predicted octanol–water partition coefficient (Wildman–Crippen LogP) is 6.21. The first-order valence-corrected chi connectivity index (χ1v) is 21.1. The maximum absolute atomic E-state index is 13.1. The van der Waals surface area contributed by atoms with Crippen molar-refractivity contribution in [3.05, 3.63) is 121 Å². The molecule has 4 unspecified atom stereocenters. The zero-order chi connectivity index (χ0) is 34.9. The van der Waals surface area contributed by atoms with Gasteiger partial charge in [-0.25, -0.2) is 0 Å². The van der Waals surface area contributed by atoms with Crippen LogP contribution in [-0.2, 0) is 23.2 Å². The highest BCUT2D eigenvalue weighted by atomic mass is 28.4. The Morgan fingerprint density at radius 3 is 1.39 bits per heavy atom. The monoisotopic (exact) mass is 691 g/mol. The van der Waals surface area contributed by atoms with Crippen molar-refractivity contribution in [2.75, 3.05) is 6.61 Å². The number of esters is 1. The molecule has 4 aromatic carbocycles. The number of benzene rings is 4. The molecule has 8 heteroatoms. The van der Waals surface area contributed by atoms with Gasteiger partial charge in [0.1, 0.15) is 6.61 Å². The van der Waals surface area contributed by atoms with E-state index in [9.17, 15) is 4.79 Å². The number of oxime groups is 1. The van der Waals surface area contributed by atoms with Crippen molar-refractivity contribution in [1.82, 2.24) is 0 Å². The van der Waals surface area contributed by atoms with Crippen LogP contribution in [0, 0.1) is 5.92 Å². The zero-order valence-electron chi connectivity index (χ0n) is 29.8. The van der Waals surface area contributed by atoms with E-state index in [4.69, 9.17) is 18.4 Å². The SMILES string of the molecule is CC(=O)OC1C(O[Si](c2ccccc2)(c2ccccc2)C(C)(C)C)CC2=NOCC2C1O[Si](c1ccccc1)(c1ccccc1)C(C)(C)C. The lowest BCUT2D eigenvalue weighted by Crippen LogP contribution is -2.73. The van der Waals surface area contributed by atoms with Gasteiger partial charge in [-0.15, -0.1) is 0 Å². The molecule has 256 valence electrons. The number of carbonyl (C=O) groups is 1. The minimum atomic E-state index is -3.09. The fraction of sp³-hybridized carbons (Fsp3) is 0.366. The molecule has 1 aliphatic heterocycles. The average Bonchev–Trinajstić information content (AvgIpc) is 3.56. The van der Waals surface area contributed by atoms with Crippen LogP contribution in [0.3, 0.4) is 0 Å². The predicted molar refractivity (Wildman–Crippen MR) is 202 cm³/mol. The number of ether oxygens (including phenoxy) is 1. The summed E-state index contributed by atoms with van der Waals surface area (Å²) in [6.45, 7) is 15.4. The molecule has 4 atom stereocenters. The van der Waals surface area contributed by atoms with Gasteiger partial charge in [-0.05, 0) is 30.8 Å². The molecule has 0 bridgehead atoms. The Morgan fingerprint density at radius 1 is 0.633 bits per heavy atom. The molecule has 0 amide bonds. The second kappa shape index (κ2) is 13.8. The van der Waals surface area contributed by atoms with E-state index in [-0.39, 0.29) is 22.0 Å². The molecule has 4 aromatic rings. The van der Waals surface area contributed by atoms with Crippen molar-refractivity contribution in [3.63, 3.8) is 0 Å². The van der Waals surface area contributed by atoms with Crippen LogP contribution in [0.15, 0.2) is 126 Å². The lowest BCUT2D eigenvalue weighted by Gasteiger charge is -2.52. The Morgan fingerprint density at radius 2 is 1.02 bits per heavy atom. The molecule has 6 rings (SSSR count). The molecule has 2 aliphatic rings. The number of fused-ring (bicyclic) bond motifs is 1. The third-order valence-electron chi connectivity index (χ3n) is 10.1. The quantitative estimate of drug-likeness (QED) is 0.154. The summed E-state index contributed by atoms with van der Waals surface area (Å²) in [7, 11) is -6.15. The Hall–Kier alpha value is -3.83. The van der Waals surface area contributed by atoms with E-state index in [1.807, 2.05) is 24.3 Å². The van der Waals surface area contributed by atoms with Gasteiger partial charge in [0, 0.05) is 13.3 Å². The summed E-state index contributed by atoms with van der Waals surface area (Å²) in [6.07, 6.45) is -1.32. The van der Waals surface area contributed by atoms with Crippen LogP contribution in [0.5, 0.6) is 0 Å². The summed E-state index contributed by atoms with van der Waals surface area (Å²) in [5.74, 6) is -0.554. The van der Waals surface area contributed by atoms with Crippen LogP contribution in [0.25, 0.3) is 0 Å². The Bertz CT molecular complexity index is 1660. The third-order valence-corrected chi connectivity index (χ3v) is 20.2. The summed E-state index contributed by atoms with van der Waals surface area (Å²) in [4.78, 5) is 19.0. The van der Waals surface area contributed by atoms with Gasteiger partial charge in [0.05, 0.1) is 23.8 Å². The molecule has 6 nitrogen and oxygen atoms in total. The molecular weight excluding hydrogens is 643 g/mol. The van der Waals surface area contributed by atoms with Gasteiger partial charge in [0.2, 0.25) is 0 Å². The van der Waals surface area contributed by atoms with Gasteiger partial charge in [0.25, 0.3) is 16.6 Å². The van der Waals surface area contributed by atoms with E-state index in [2.05, 4.69) is 144 Å². The molecule has 1 saturated carbocycles. The molecule has 0 N–H and O–H groups in total. The molecule has 49 heavy (non-hydrogen) atoms. The van der Waals surface area contributed by atoms with Crippen molar-refractivity contribution in [2.45, 2.75) is 83.3 Å². The maximum atomic E-state index is 13.1. The molecule has 1 heterocycles. The van der Waals surface area contributed by atoms with Crippen molar-refractivity contribution in [1.29, 1.82) is 0 Å². The summed E-state index contributed by atoms with van der Waals surface area (Å²) >= 11 is 0. The highest BCUT2D eigenvalue weighted by Crippen LogP contribution is 2.44. The van der Waals surface area contributed by atoms with Crippen LogP contribution < -0.4 is 20.7 Å². The molecule has 0 aromatic heterocycles. The zero-order valence-corrected chi connectivity index (χ0v) is 31.8. The molecule has 0 spiro atoms. The minimum Gasteiger partial charge on any atom is -0.457 e. The van der Waals surface area contributed by atoms with E-state index in [0.29, 0.717) is 13.0 Å². The van der Waals surface area contributed by atoms with E-state index in [1.165, 1.54) is 6.92 Å². The lowest BCUT2D eigenvalue weighted by molar-refractivity contribution is -0.163. The van der Waals surface area contributed by atoms with Crippen LogP contribution in [0.4, 0.5) is 0 Å². The second-order valence-electron chi connectivity index (χ2n) is 15.3. The smallest absolute Gasteiger partial charge is 0.303 e. The Labute approximate surface area is 293 Å². The van der Waals surface area contributed by atoms with Crippen molar-refractivity contribution in [3.8, 4) is 0 Å². The van der Waals surface area contributed by atoms with Crippen molar-refractivity contribution >= 4 is 49.1 Å². The van der Waals surface area contributed by atoms with Crippen molar-refractivity contribution < 1.29 is 23.2 Å². The van der Waals surface area contributed by atoms with Crippen LogP contribution in [0.2, 0.25) is 10.1 Å². The molecular formula is C41H49NO5Si2. The van der Waals surface area contributed by atoms with Gasteiger partial charge in [-0.2, -0.15) is 0 Å². The number of hydrogen-bond acceptors (Lipinski definition) is 6. The Balaban J connectivity index is 1.55. The van der Waals surface area contributed by atoms with E-state index in [1.54, 1.807) is 0 Å². The first kappa shape index (κ1) is 35.0. The average molecular weight is 692 g/mol. The summed E-state index contributed by atoms with van der Waals surface area (Å²) in [5.41, 5.74) is 0.897. The standard InChI is InChI=1S/C41H49NO5Si2/c1-30(43)45-39-37(46-48(40(2,3)4,31-20-12-8-13-21-31)32-22-14-9-15-23-32)28-36-35(29-44-42-36)38(39)47-49(41(5,6)7,33-24-16-10-17-25-33)34-26-18-11-19-27-34/h8-27,35,37-39H,28-29H2,1-7H3. The van der Waals surface area contributed by atoms with E-state index in [0.717, 1.165) is 26.5 Å². The molecule has 1 aliphatic carbocycles. The van der Waals surface area contributed by atoms with Crippen LogP contribution in [-0.4, -0.2) is 53.2 Å². The van der Waals surface area contributed by atoms with Gasteiger partial charge < -0.3 is 18.4 Å². The van der Waals surface area contributed by atoms with Crippen LogP contribution in [0.1, 0.15) is 54.9 Å². The Kier molecular flexibility index (Phi) is 9.88. The van der Waals surface area contributed by atoms with E-state index < -0.39 is 34.9 Å². The summed E-state index contributed by atoms with van der Waals surface area (Å²) in [5, 5.41) is 8.65. The fourth-order valence-corrected chi connectivity index (χ4v) is 17.4. The first-order chi connectivity index (χ1) is 23.4. The second-order valence-corrected chi connectivity index (χ2v) is 23.8. The largest absolute Gasteiger partial charge is 0.457 e. The van der Waals surface area contributed by atoms with Crippen LogP contribution >= 0.6 is 0 Å². The van der Waals surface area contributed by atoms with E-state index >= 15 is 0 Å². The lowest BCUT2D eigenvalue weighted by atomic mass is 9.82.